The highest BCUT2D eigenvalue weighted by molar-refractivity contribution is 5.10. The van der Waals surface area contributed by atoms with Crippen LogP contribution in [0.25, 0.3) is 0 Å². The summed E-state index contributed by atoms with van der Waals surface area (Å²) < 4.78 is 7.05. The van der Waals surface area contributed by atoms with Crippen molar-refractivity contribution in [2.45, 2.75) is 26.0 Å². The van der Waals surface area contributed by atoms with Crippen LogP contribution in [0.1, 0.15) is 13.3 Å². The minimum Gasteiger partial charge on any atom is -0.378 e. The fourth-order valence-corrected chi connectivity index (χ4v) is 1.58. The van der Waals surface area contributed by atoms with Crippen molar-refractivity contribution in [1.82, 2.24) is 20.2 Å². The molecule has 6 nitrogen and oxygen atoms in total. The number of nitrogen functional groups attached to an aromatic ring is 1. The summed E-state index contributed by atoms with van der Waals surface area (Å²) in [4.78, 5) is 0. The van der Waals surface area contributed by atoms with Gasteiger partial charge < -0.3 is 10.5 Å². The van der Waals surface area contributed by atoms with Crippen LogP contribution in [0.3, 0.4) is 0 Å². The molecule has 1 aromatic rings. The standard InChI is InChI=1S/C7H13N5O/c1-5-6(2-3-13-5)4-12-7(8)9-10-11-12/h5-6H,2-4H2,1H3,(H2,8,9,11). The van der Waals surface area contributed by atoms with E-state index in [1.165, 1.54) is 0 Å². The van der Waals surface area contributed by atoms with Gasteiger partial charge in [0, 0.05) is 12.5 Å². The van der Waals surface area contributed by atoms with E-state index in [-0.39, 0.29) is 6.10 Å². The molecule has 1 fully saturated rings. The number of nitrogens with two attached hydrogens (primary N) is 1. The number of tetrazole rings is 1. The molecule has 0 saturated carbocycles. The van der Waals surface area contributed by atoms with Crippen molar-refractivity contribution in [2.24, 2.45) is 5.92 Å². The number of rotatable bonds is 2. The van der Waals surface area contributed by atoms with Gasteiger partial charge in [-0.05, 0) is 23.8 Å². The third kappa shape index (κ3) is 1.62. The Balaban J connectivity index is 2.01. The van der Waals surface area contributed by atoms with Gasteiger partial charge in [0.2, 0.25) is 5.95 Å². The van der Waals surface area contributed by atoms with Crippen molar-refractivity contribution in [1.29, 1.82) is 0 Å². The van der Waals surface area contributed by atoms with Crippen LogP contribution in [0.4, 0.5) is 5.95 Å². The van der Waals surface area contributed by atoms with E-state index in [9.17, 15) is 0 Å². The summed E-state index contributed by atoms with van der Waals surface area (Å²) in [7, 11) is 0. The lowest BCUT2D eigenvalue weighted by Gasteiger charge is -2.12. The summed E-state index contributed by atoms with van der Waals surface area (Å²) in [5, 5.41) is 10.9. The Labute approximate surface area is 76.1 Å². The topological polar surface area (TPSA) is 78.8 Å². The zero-order valence-corrected chi connectivity index (χ0v) is 7.55. The third-order valence-electron chi connectivity index (χ3n) is 2.50. The molecule has 0 bridgehead atoms. The Bertz CT molecular complexity index is 286. The fraction of sp³-hybridized carbons (Fsp3) is 0.857. The van der Waals surface area contributed by atoms with Gasteiger partial charge in [0.05, 0.1) is 12.6 Å². The molecule has 0 spiro atoms. The van der Waals surface area contributed by atoms with Crippen molar-refractivity contribution in [3.63, 3.8) is 0 Å². The minimum atomic E-state index is 0.281. The number of anilines is 1. The van der Waals surface area contributed by atoms with Gasteiger partial charge in [0.1, 0.15) is 0 Å². The SMILES string of the molecule is CC1OCCC1Cn1nnnc1N. The maximum absolute atomic E-state index is 5.55. The Kier molecular flexibility index (Phi) is 2.13. The quantitative estimate of drug-likeness (QED) is 0.679. The van der Waals surface area contributed by atoms with E-state index in [0.717, 1.165) is 19.6 Å². The molecule has 0 radical (unpaired) electrons. The molecule has 13 heavy (non-hydrogen) atoms. The molecular formula is C7H13N5O. The van der Waals surface area contributed by atoms with Crippen LogP contribution in [0.15, 0.2) is 0 Å². The lowest BCUT2D eigenvalue weighted by molar-refractivity contribution is 0.101. The Morgan fingerprint density at radius 3 is 3.08 bits per heavy atom. The first-order valence-corrected chi connectivity index (χ1v) is 4.40. The van der Waals surface area contributed by atoms with Crippen LogP contribution in [0.2, 0.25) is 0 Å². The van der Waals surface area contributed by atoms with E-state index in [4.69, 9.17) is 10.5 Å². The van der Waals surface area contributed by atoms with Crippen LogP contribution in [0, 0.1) is 5.92 Å². The monoisotopic (exact) mass is 183 g/mol. The first kappa shape index (κ1) is 8.43. The van der Waals surface area contributed by atoms with E-state index >= 15 is 0 Å². The normalized spacial score (nSPS) is 28.1. The summed E-state index contributed by atoms with van der Waals surface area (Å²) in [6, 6.07) is 0. The molecule has 1 aliphatic rings. The van der Waals surface area contributed by atoms with Crippen LogP contribution < -0.4 is 5.73 Å². The summed E-state index contributed by atoms with van der Waals surface area (Å²) in [5.74, 6) is 0.852. The van der Waals surface area contributed by atoms with Crippen molar-refractivity contribution < 1.29 is 4.74 Å². The van der Waals surface area contributed by atoms with Gasteiger partial charge in [0.25, 0.3) is 0 Å². The first-order chi connectivity index (χ1) is 6.27. The van der Waals surface area contributed by atoms with E-state index < -0.39 is 0 Å². The minimum absolute atomic E-state index is 0.281. The van der Waals surface area contributed by atoms with Crippen molar-refractivity contribution in [3.8, 4) is 0 Å². The first-order valence-electron chi connectivity index (χ1n) is 4.40. The van der Waals surface area contributed by atoms with Gasteiger partial charge in [-0.25, -0.2) is 4.68 Å². The van der Waals surface area contributed by atoms with Crippen LogP contribution in [0.5, 0.6) is 0 Å². The van der Waals surface area contributed by atoms with E-state index in [1.807, 2.05) is 0 Å². The van der Waals surface area contributed by atoms with Gasteiger partial charge in [-0.1, -0.05) is 5.10 Å². The molecule has 72 valence electrons. The average molecular weight is 183 g/mol. The molecule has 1 aliphatic heterocycles. The lowest BCUT2D eigenvalue weighted by atomic mass is 10.0. The largest absolute Gasteiger partial charge is 0.378 e. The molecule has 2 unspecified atom stereocenters. The highest BCUT2D eigenvalue weighted by atomic mass is 16.5. The van der Waals surface area contributed by atoms with Crippen LogP contribution in [-0.2, 0) is 11.3 Å². The van der Waals surface area contributed by atoms with E-state index in [0.29, 0.717) is 11.9 Å². The molecule has 2 rings (SSSR count). The highest BCUT2D eigenvalue weighted by Crippen LogP contribution is 2.22. The van der Waals surface area contributed by atoms with E-state index in [2.05, 4.69) is 22.4 Å². The summed E-state index contributed by atoms with van der Waals surface area (Å²) in [5.41, 5.74) is 5.55. The second-order valence-electron chi connectivity index (χ2n) is 3.34. The molecule has 2 N–H and O–H groups in total. The van der Waals surface area contributed by atoms with Gasteiger partial charge >= 0.3 is 0 Å². The van der Waals surface area contributed by atoms with Gasteiger partial charge in [0.15, 0.2) is 0 Å². The summed E-state index contributed by atoms with van der Waals surface area (Å²) in [6.45, 7) is 3.64. The van der Waals surface area contributed by atoms with Crippen molar-refractivity contribution in [3.05, 3.63) is 0 Å². The number of nitrogens with zero attached hydrogens (tertiary/aromatic N) is 4. The summed E-state index contributed by atoms with van der Waals surface area (Å²) >= 11 is 0. The van der Waals surface area contributed by atoms with Gasteiger partial charge in [-0.2, -0.15) is 0 Å². The lowest BCUT2D eigenvalue weighted by Crippen LogP contribution is -2.19. The van der Waals surface area contributed by atoms with Crippen LogP contribution in [-0.4, -0.2) is 32.9 Å². The zero-order valence-electron chi connectivity index (χ0n) is 7.55. The van der Waals surface area contributed by atoms with Gasteiger partial charge in [-0.3, -0.25) is 0 Å². The fourth-order valence-electron chi connectivity index (χ4n) is 1.58. The smallest absolute Gasteiger partial charge is 0.240 e. The predicted octanol–water partition coefficient (Wildman–Crippen LogP) is -0.320. The number of hydrogen-bond donors (Lipinski definition) is 1. The molecule has 2 heterocycles. The van der Waals surface area contributed by atoms with Crippen LogP contribution >= 0.6 is 0 Å². The van der Waals surface area contributed by atoms with Crippen molar-refractivity contribution >= 4 is 5.95 Å². The summed E-state index contributed by atoms with van der Waals surface area (Å²) in [6.07, 6.45) is 1.34. The molecular weight excluding hydrogens is 170 g/mol. The zero-order chi connectivity index (χ0) is 9.26. The van der Waals surface area contributed by atoms with E-state index in [1.54, 1.807) is 4.68 Å². The second-order valence-corrected chi connectivity index (χ2v) is 3.34. The Morgan fingerprint density at radius 2 is 2.54 bits per heavy atom. The van der Waals surface area contributed by atoms with Gasteiger partial charge in [-0.15, -0.1) is 0 Å². The third-order valence-corrected chi connectivity index (χ3v) is 2.50. The molecule has 0 aliphatic carbocycles. The highest BCUT2D eigenvalue weighted by Gasteiger charge is 2.25. The molecule has 0 aromatic carbocycles. The Morgan fingerprint density at radius 1 is 1.69 bits per heavy atom. The molecule has 1 aromatic heterocycles. The van der Waals surface area contributed by atoms with Crippen molar-refractivity contribution in [2.75, 3.05) is 12.3 Å². The molecule has 6 heteroatoms. The number of hydrogen-bond acceptors (Lipinski definition) is 5. The number of ether oxygens (including phenoxy) is 1. The Hall–Kier alpha value is -1.17. The molecule has 1 saturated heterocycles. The average Bonchev–Trinajstić information content (AvgIpc) is 2.65. The number of aromatic nitrogens is 4. The molecule has 2 atom stereocenters. The maximum Gasteiger partial charge on any atom is 0.240 e. The maximum atomic E-state index is 5.55. The second kappa shape index (κ2) is 3.29. The predicted molar refractivity (Wildman–Crippen MR) is 45.8 cm³/mol. The molecule has 0 amide bonds.